The molecule has 1 amide bonds. The largest absolute Gasteiger partial charge is 0.459 e. The first-order valence-electron chi connectivity index (χ1n) is 11.9. The van der Waals surface area contributed by atoms with Crippen LogP contribution in [0.1, 0.15) is 63.2 Å². The second kappa shape index (κ2) is 9.55. The van der Waals surface area contributed by atoms with Crippen LogP contribution in [0.15, 0.2) is 42.5 Å². The number of fused-ring (bicyclic) bond motifs is 2. The monoisotopic (exact) mass is 504 g/mol. The normalized spacial score (nSPS) is 15.3. The number of aromatic nitrogens is 1. The van der Waals surface area contributed by atoms with Crippen molar-refractivity contribution in [2.45, 2.75) is 53.1 Å². The summed E-state index contributed by atoms with van der Waals surface area (Å²) in [7, 11) is 0. The maximum absolute atomic E-state index is 13.7. The molecule has 0 radical (unpaired) electrons. The number of para-hydroxylation sites is 1. The molecular formula is C28H28N2O3S2. The lowest BCUT2D eigenvalue weighted by atomic mass is 9.88. The molecule has 4 aromatic rings. The van der Waals surface area contributed by atoms with Gasteiger partial charge < -0.3 is 10.1 Å². The quantitative estimate of drug-likeness (QED) is 0.290. The number of pyridine rings is 1. The molecule has 0 fully saturated rings. The number of nitrogens with one attached hydrogen (secondary N) is 1. The molecule has 1 aliphatic rings. The van der Waals surface area contributed by atoms with E-state index in [9.17, 15) is 9.59 Å². The predicted molar refractivity (Wildman–Crippen MR) is 144 cm³/mol. The highest BCUT2D eigenvalue weighted by Gasteiger charge is 2.30. The number of benzene rings is 1. The van der Waals surface area contributed by atoms with Crippen LogP contribution in [0, 0.1) is 12.8 Å². The Kier molecular flexibility index (Phi) is 6.47. The lowest BCUT2D eigenvalue weighted by Crippen LogP contribution is -2.19. The number of hydrogen-bond donors (Lipinski definition) is 1. The summed E-state index contributed by atoms with van der Waals surface area (Å²) in [6.07, 6.45) is 2.53. The molecule has 0 saturated heterocycles. The van der Waals surface area contributed by atoms with Gasteiger partial charge in [0.15, 0.2) is 0 Å². The molecule has 180 valence electrons. The van der Waals surface area contributed by atoms with E-state index in [2.05, 4.69) is 25.2 Å². The van der Waals surface area contributed by atoms with Crippen LogP contribution in [0.2, 0.25) is 0 Å². The van der Waals surface area contributed by atoms with Crippen LogP contribution in [-0.4, -0.2) is 23.0 Å². The number of aryl methyl sites for hydroxylation is 1. The van der Waals surface area contributed by atoms with E-state index < -0.39 is 0 Å². The topological polar surface area (TPSA) is 68.3 Å². The lowest BCUT2D eigenvalue weighted by molar-refractivity contribution is 0.0378. The van der Waals surface area contributed by atoms with Crippen molar-refractivity contribution in [3.8, 4) is 10.6 Å². The van der Waals surface area contributed by atoms with Crippen molar-refractivity contribution in [3.63, 3.8) is 0 Å². The summed E-state index contributed by atoms with van der Waals surface area (Å²) in [4.78, 5) is 35.0. The highest BCUT2D eigenvalue weighted by atomic mass is 32.1. The molecule has 1 N–H and O–H groups in total. The zero-order valence-corrected chi connectivity index (χ0v) is 21.9. The fraction of sp³-hybridized carbons (Fsp3) is 0.321. The average molecular weight is 505 g/mol. The molecule has 5 nitrogen and oxygen atoms in total. The molecule has 1 aliphatic carbocycles. The van der Waals surface area contributed by atoms with Gasteiger partial charge in [-0.25, -0.2) is 9.78 Å². The molecule has 0 spiro atoms. The first-order chi connectivity index (χ1) is 16.8. The molecule has 5 rings (SSSR count). The van der Waals surface area contributed by atoms with Gasteiger partial charge >= 0.3 is 5.97 Å². The molecular weight excluding hydrogens is 476 g/mol. The van der Waals surface area contributed by atoms with Crippen molar-refractivity contribution in [2.75, 3.05) is 5.32 Å². The van der Waals surface area contributed by atoms with Crippen LogP contribution >= 0.6 is 22.7 Å². The van der Waals surface area contributed by atoms with E-state index in [1.807, 2.05) is 50.2 Å². The van der Waals surface area contributed by atoms with Crippen LogP contribution < -0.4 is 5.32 Å². The molecule has 1 atom stereocenters. The van der Waals surface area contributed by atoms with Gasteiger partial charge in [-0.1, -0.05) is 25.1 Å². The number of amides is 1. The van der Waals surface area contributed by atoms with Gasteiger partial charge in [0.25, 0.3) is 5.91 Å². The van der Waals surface area contributed by atoms with Crippen molar-refractivity contribution in [1.29, 1.82) is 0 Å². The first kappa shape index (κ1) is 23.7. The second-order valence-electron chi connectivity index (χ2n) is 9.45. The Bertz CT molecular complexity index is 1430. The summed E-state index contributed by atoms with van der Waals surface area (Å²) < 4.78 is 5.57. The van der Waals surface area contributed by atoms with E-state index in [1.54, 1.807) is 11.3 Å². The smallest absolute Gasteiger partial charge is 0.341 e. The van der Waals surface area contributed by atoms with Gasteiger partial charge in [-0.05, 0) is 75.8 Å². The molecule has 3 aromatic heterocycles. The molecule has 0 saturated carbocycles. The summed E-state index contributed by atoms with van der Waals surface area (Å²) in [5.74, 6) is -0.0558. The molecule has 0 unspecified atom stereocenters. The maximum atomic E-state index is 13.7. The van der Waals surface area contributed by atoms with Gasteiger partial charge in [-0.3, -0.25) is 4.79 Å². The Balaban J connectivity index is 1.57. The van der Waals surface area contributed by atoms with Crippen molar-refractivity contribution in [3.05, 3.63) is 68.9 Å². The number of thiophene rings is 2. The third-order valence-corrected chi connectivity index (χ3v) is 8.43. The molecule has 0 bridgehead atoms. The number of anilines is 1. The SMILES string of the molecule is Cc1ccc(-c2cc(C(=O)Nc3sc4c(c3C(=O)OC(C)C)CC[C@H](C)C4)c3ccccc3n2)s1. The Hall–Kier alpha value is -3.03. The van der Waals surface area contributed by atoms with E-state index in [1.165, 1.54) is 21.1 Å². The van der Waals surface area contributed by atoms with Gasteiger partial charge in [0.2, 0.25) is 0 Å². The predicted octanol–water partition coefficient (Wildman–Crippen LogP) is 7.28. The minimum Gasteiger partial charge on any atom is -0.459 e. The van der Waals surface area contributed by atoms with E-state index in [-0.39, 0.29) is 18.0 Å². The molecule has 7 heteroatoms. The molecule has 35 heavy (non-hydrogen) atoms. The van der Waals surface area contributed by atoms with E-state index in [0.29, 0.717) is 22.0 Å². The van der Waals surface area contributed by atoms with E-state index in [0.717, 1.165) is 46.3 Å². The summed E-state index contributed by atoms with van der Waals surface area (Å²) in [6, 6.07) is 13.6. The van der Waals surface area contributed by atoms with Gasteiger partial charge in [0, 0.05) is 15.1 Å². The summed E-state index contributed by atoms with van der Waals surface area (Å²) in [5.41, 5.74) is 3.63. The number of esters is 1. The van der Waals surface area contributed by atoms with E-state index >= 15 is 0 Å². The number of ether oxygens (including phenoxy) is 1. The summed E-state index contributed by atoms with van der Waals surface area (Å²) >= 11 is 3.16. The Morgan fingerprint density at radius 3 is 2.69 bits per heavy atom. The van der Waals surface area contributed by atoms with Crippen molar-refractivity contribution < 1.29 is 14.3 Å². The van der Waals surface area contributed by atoms with Gasteiger partial charge in [-0.2, -0.15) is 0 Å². The number of rotatable bonds is 5. The van der Waals surface area contributed by atoms with Gasteiger partial charge in [0.1, 0.15) is 5.00 Å². The molecule has 3 heterocycles. The number of carbonyl (C=O) groups excluding carboxylic acids is 2. The minimum absolute atomic E-state index is 0.231. The maximum Gasteiger partial charge on any atom is 0.341 e. The van der Waals surface area contributed by atoms with Crippen LogP contribution in [0.4, 0.5) is 5.00 Å². The fourth-order valence-corrected chi connectivity index (χ4v) is 6.78. The van der Waals surface area contributed by atoms with Crippen LogP contribution in [0.25, 0.3) is 21.5 Å². The van der Waals surface area contributed by atoms with Crippen molar-refractivity contribution in [1.82, 2.24) is 4.98 Å². The van der Waals surface area contributed by atoms with Crippen LogP contribution in [0.5, 0.6) is 0 Å². The van der Waals surface area contributed by atoms with Crippen LogP contribution in [-0.2, 0) is 17.6 Å². The third-order valence-electron chi connectivity index (χ3n) is 6.24. The van der Waals surface area contributed by atoms with Crippen LogP contribution in [0.3, 0.4) is 0 Å². The highest BCUT2D eigenvalue weighted by Crippen LogP contribution is 2.41. The van der Waals surface area contributed by atoms with Gasteiger partial charge in [0.05, 0.1) is 33.3 Å². The van der Waals surface area contributed by atoms with Crippen molar-refractivity contribution >= 4 is 50.5 Å². The van der Waals surface area contributed by atoms with Gasteiger partial charge in [-0.15, -0.1) is 22.7 Å². The molecule has 1 aromatic carbocycles. The van der Waals surface area contributed by atoms with E-state index in [4.69, 9.17) is 9.72 Å². The number of nitrogens with zero attached hydrogens (tertiary/aromatic N) is 1. The minimum atomic E-state index is -0.364. The Labute approximate surface area is 213 Å². The molecule has 0 aliphatic heterocycles. The Morgan fingerprint density at radius 2 is 1.94 bits per heavy atom. The van der Waals surface area contributed by atoms with Crippen molar-refractivity contribution in [2.24, 2.45) is 5.92 Å². The zero-order valence-electron chi connectivity index (χ0n) is 20.3. The standard InChI is InChI=1S/C28H28N2O3S2/c1-15(2)33-28(32)25-19-11-9-16(3)13-24(19)35-27(25)30-26(31)20-14-22(23-12-10-17(4)34-23)29-21-8-6-5-7-18(20)21/h5-8,10,12,14-16H,9,11,13H2,1-4H3,(H,30,31)/t16-/m0/s1. The first-order valence-corrected chi connectivity index (χ1v) is 13.6. The highest BCUT2D eigenvalue weighted by molar-refractivity contribution is 7.17. The summed E-state index contributed by atoms with van der Waals surface area (Å²) in [5, 5.41) is 4.44. The average Bonchev–Trinajstić information content (AvgIpc) is 3.40. The summed E-state index contributed by atoms with van der Waals surface area (Å²) in [6.45, 7) is 7.96. The Morgan fingerprint density at radius 1 is 1.14 bits per heavy atom. The number of carbonyl (C=O) groups is 2. The fourth-order valence-electron chi connectivity index (χ4n) is 4.56. The third kappa shape index (κ3) is 4.75. The second-order valence-corrected chi connectivity index (χ2v) is 11.8. The number of hydrogen-bond acceptors (Lipinski definition) is 6. The lowest BCUT2D eigenvalue weighted by Gasteiger charge is -2.19. The zero-order chi connectivity index (χ0) is 24.7.